The molecule has 0 aromatic heterocycles. The third kappa shape index (κ3) is 6.18. The van der Waals surface area contributed by atoms with Gasteiger partial charge in [-0.25, -0.2) is 0 Å². The van der Waals surface area contributed by atoms with Crippen molar-refractivity contribution in [2.75, 3.05) is 0 Å². The SMILES string of the molecule is OC(C(=C=C=C(c1ccccc1)c1ccccc1)c1ccccc1)c1ccc(C#Cc2ccccc2)cc1. The molecule has 0 radical (unpaired) electrons. The minimum Gasteiger partial charge on any atom is -0.383 e. The number of hydrogen-bond acceptors (Lipinski definition) is 1. The van der Waals surface area contributed by atoms with Gasteiger partial charge in [0.25, 0.3) is 0 Å². The zero-order chi connectivity index (χ0) is 26.0. The Balaban J connectivity index is 1.58. The molecule has 0 aliphatic heterocycles. The molecule has 0 spiro atoms. The fourth-order valence-corrected chi connectivity index (χ4v) is 4.15. The van der Waals surface area contributed by atoms with Crippen LogP contribution in [0.3, 0.4) is 0 Å². The molecule has 1 nitrogen and oxygen atoms in total. The van der Waals surface area contributed by atoms with Gasteiger partial charge in [0.2, 0.25) is 0 Å². The van der Waals surface area contributed by atoms with Crippen molar-refractivity contribution < 1.29 is 5.11 Å². The predicted molar refractivity (Wildman–Crippen MR) is 156 cm³/mol. The molecule has 0 aliphatic rings. The van der Waals surface area contributed by atoms with Crippen LogP contribution in [-0.4, -0.2) is 5.11 Å². The average molecular weight is 487 g/mol. The van der Waals surface area contributed by atoms with Gasteiger partial charge in [0.15, 0.2) is 0 Å². The highest BCUT2D eigenvalue weighted by atomic mass is 16.3. The van der Waals surface area contributed by atoms with Crippen LogP contribution < -0.4 is 0 Å². The quantitative estimate of drug-likeness (QED) is 0.197. The molecule has 0 amide bonds. The van der Waals surface area contributed by atoms with Gasteiger partial charge in [-0.1, -0.05) is 145 Å². The lowest BCUT2D eigenvalue weighted by Gasteiger charge is -2.14. The summed E-state index contributed by atoms with van der Waals surface area (Å²) in [5.74, 6) is 6.37. The van der Waals surface area contributed by atoms with E-state index in [1.807, 2.05) is 121 Å². The van der Waals surface area contributed by atoms with Gasteiger partial charge in [-0.15, -0.1) is 0 Å². The summed E-state index contributed by atoms with van der Waals surface area (Å²) in [6.45, 7) is 0. The maximum absolute atomic E-state index is 11.5. The summed E-state index contributed by atoms with van der Waals surface area (Å²) in [5.41, 5.74) is 13.9. The van der Waals surface area contributed by atoms with E-state index in [1.54, 1.807) is 0 Å². The molecule has 1 heteroatoms. The normalized spacial score (nSPS) is 10.8. The smallest absolute Gasteiger partial charge is 0.112 e. The molecule has 1 unspecified atom stereocenters. The zero-order valence-corrected chi connectivity index (χ0v) is 20.9. The van der Waals surface area contributed by atoms with Crippen molar-refractivity contribution in [2.45, 2.75) is 6.10 Å². The maximum Gasteiger partial charge on any atom is 0.112 e. The molecule has 1 atom stereocenters. The summed E-state index contributed by atoms with van der Waals surface area (Å²) in [5, 5.41) is 11.5. The molecule has 5 aromatic rings. The highest BCUT2D eigenvalue weighted by molar-refractivity contribution is 5.80. The Labute approximate surface area is 224 Å². The third-order valence-corrected chi connectivity index (χ3v) is 6.16. The first-order valence-electron chi connectivity index (χ1n) is 12.5. The summed E-state index contributed by atoms with van der Waals surface area (Å²) in [6.07, 6.45) is -0.881. The molecule has 0 fully saturated rings. The number of benzene rings is 5. The maximum atomic E-state index is 11.5. The monoisotopic (exact) mass is 486 g/mol. The Morgan fingerprint density at radius 2 is 0.868 bits per heavy atom. The van der Waals surface area contributed by atoms with Crippen LogP contribution in [-0.2, 0) is 0 Å². The van der Waals surface area contributed by atoms with Crippen LogP contribution in [0.15, 0.2) is 157 Å². The Kier molecular flexibility index (Phi) is 7.93. The van der Waals surface area contributed by atoms with Crippen molar-refractivity contribution in [3.8, 4) is 11.8 Å². The van der Waals surface area contributed by atoms with Crippen LogP contribution in [0, 0.1) is 11.8 Å². The molecular formula is C37H26O. The van der Waals surface area contributed by atoms with Crippen molar-refractivity contribution in [3.63, 3.8) is 0 Å². The molecule has 0 saturated carbocycles. The first-order chi connectivity index (χ1) is 18.8. The second-order valence-corrected chi connectivity index (χ2v) is 8.78. The second kappa shape index (κ2) is 12.2. The van der Waals surface area contributed by atoms with E-state index in [4.69, 9.17) is 0 Å². The van der Waals surface area contributed by atoms with E-state index < -0.39 is 6.10 Å². The molecule has 5 aromatic carbocycles. The van der Waals surface area contributed by atoms with Gasteiger partial charge in [-0.05, 0) is 46.5 Å². The minimum absolute atomic E-state index is 0.651. The lowest BCUT2D eigenvalue weighted by molar-refractivity contribution is 0.238. The van der Waals surface area contributed by atoms with Crippen LogP contribution in [0.25, 0.3) is 11.1 Å². The Hall–Kier alpha value is -5.08. The largest absolute Gasteiger partial charge is 0.383 e. The van der Waals surface area contributed by atoms with Crippen LogP contribution >= 0.6 is 0 Å². The van der Waals surface area contributed by atoms with E-state index in [0.717, 1.165) is 39.0 Å². The summed E-state index contributed by atoms with van der Waals surface area (Å²) >= 11 is 0. The molecule has 180 valence electrons. The Morgan fingerprint density at radius 1 is 0.447 bits per heavy atom. The summed E-state index contributed by atoms with van der Waals surface area (Å²) in [4.78, 5) is 0. The van der Waals surface area contributed by atoms with E-state index in [1.165, 1.54) is 0 Å². The van der Waals surface area contributed by atoms with Gasteiger partial charge in [0, 0.05) is 22.3 Å². The lowest BCUT2D eigenvalue weighted by atomic mass is 9.94. The zero-order valence-electron chi connectivity index (χ0n) is 20.9. The fraction of sp³-hybridized carbons (Fsp3) is 0.0270. The lowest BCUT2D eigenvalue weighted by Crippen LogP contribution is -2.00. The average Bonchev–Trinajstić information content (AvgIpc) is 3.00. The van der Waals surface area contributed by atoms with Crippen molar-refractivity contribution in [2.24, 2.45) is 0 Å². The number of hydrogen-bond donors (Lipinski definition) is 1. The Morgan fingerprint density at radius 3 is 1.37 bits per heavy atom. The van der Waals surface area contributed by atoms with Crippen molar-refractivity contribution in [1.29, 1.82) is 0 Å². The number of aliphatic hydroxyl groups excluding tert-OH is 1. The first-order valence-corrected chi connectivity index (χ1v) is 12.5. The highest BCUT2D eigenvalue weighted by Gasteiger charge is 2.15. The van der Waals surface area contributed by atoms with E-state index in [-0.39, 0.29) is 0 Å². The first kappa shape index (κ1) is 24.6. The third-order valence-electron chi connectivity index (χ3n) is 6.16. The number of rotatable bonds is 5. The summed E-state index contributed by atoms with van der Waals surface area (Å²) < 4.78 is 0. The fourth-order valence-electron chi connectivity index (χ4n) is 4.15. The van der Waals surface area contributed by atoms with Crippen molar-refractivity contribution in [1.82, 2.24) is 0 Å². The van der Waals surface area contributed by atoms with E-state index in [0.29, 0.717) is 5.57 Å². The van der Waals surface area contributed by atoms with Crippen LogP contribution in [0.5, 0.6) is 0 Å². The Bertz CT molecular complexity index is 1600. The highest BCUT2D eigenvalue weighted by Crippen LogP contribution is 2.30. The van der Waals surface area contributed by atoms with Crippen LogP contribution in [0.4, 0.5) is 0 Å². The molecular weight excluding hydrogens is 460 g/mol. The van der Waals surface area contributed by atoms with E-state index in [9.17, 15) is 5.11 Å². The standard InChI is InChI=1S/C37H26O/c38-37(34-25-23-30(24-26-34)22-21-29-13-5-1-6-14-29)36(33-19-11-4-12-20-33)28-27-35(31-15-7-2-8-16-31)32-17-9-3-10-18-32/h1-20,23-26,37-38H. The molecule has 1 N–H and O–H groups in total. The van der Waals surface area contributed by atoms with E-state index >= 15 is 0 Å². The van der Waals surface area contributed by atoms with Gasteiger partial charge in [-0.2, -0.15) is 0 Å². The molecule has 0 saturated heterocycles. The van der Waals surface area contributed by atoms with Crippen LogP contribution in [0.1, 0.15) is 39.5 Å². The molecule has 0 bridgehead atoms. The van der Waals surface area contributed by atoms with Gasteiger partial charge in [0.1, 0.15) is 6.10 Å². The van der Waals surface area contributed by atoms with E-state index in [2.05, 4.69) is 47.6 Å². The topological polar surface area (TPSA) is 20.2 Å². The van der Waals surface area contributed by atoms with Crippen LogP contribution in [0.2, 0.25) is 0 Å². The molecule has 38 heavy (non-hydrogen) atoms. The minimum atomic E-state index is -0.881. The van der Waals surface area contributed by atoms with Crippen molar-refractivity contribution >= 4 is 11.1 Å². The van der Waals surface area contributed by atoms with Gasteiger partial charge in [-0.3, -0.25) is 0 Å². The van der Waals surface area contributed by atoms with Gasteiger partial charge >= 0.3 is 0 Å². The molecule has 0 heterocycles. The molecule has 5 rings (SSSR count). The van der Waals surface area contributed by atoms with Gasteiger partial charge in [0.05, 0.1) is 0 Å². The summed E-state index contributed by atoms with van der Waals surface area (Å²) in [6, 6.07) is 47.8. The summed E-state index contributed by atoms with van der Waals surface area (Å²) in [7, 11) is 0. The van der Waals surface area contributed by atoms with Gasteiger partial charge < -0.3 is 5.11 Å². The second-order valence-electron chi connectivity index (χ2n) is 8.78. The van der Waals surface area contributed by atoms with Crippen molar-refractivity contribution in [3.05, 3.63) is 190 Å². The molecule has 0 aliphatic carbocycles. The number of aliphatic hydroxyl groups is 1. The predicted octanol–water partition coefficient (Wildman–Crippen LogP) is 8.09.